The molecule has 8 heteroatoms. The summed E-state index contributed by atoms with van der Waals surface area (Å²) in [4.78, 5) is 33.7. The van der Waals surface area contributed by atoms with E-state index in [1.54, 1.807) is 17.7 Å². The number of fused-ring (bicyclic) bond motifs is 1. The van der Waals surface area contributed by atoms with Crippen molar-refractivity contribution in [2.45, 2.75) is 45.6 Å². The van der Waals surface area contributed by atoms with Crippen LogP contribution in [-0.2, 0) is 11.3 Å². The second-order valence-electron chi connectivity index (χ2n) is 6.45. The van der Waals surface area contributed by atoms with Gasteiger partial charge in [-0.1, -0.05) is 20.3 Å². The second kappa shape index (κ2) is 6.25. The minimum Gasteiger partial charge on any atom is -0.304 e. The van der Waals surface area contributed by atoms with Crippen molar-refractivity contribution in [2.24, 2.45) is 11.3 Å². The van der Waals surface area contributed by atoms with Gasteiger partial charge in [-0.2, -0.15) is 0 Å². The van der Waals surface area contributed by atoms with Gasteiger partial charge in [0, 0.05) is 23.1 Å². The molecule has 2 aromatic heterocycles. The number of amides is 1. The Morgan fingerprint density at radius 1 is 1.58 bits per heavy atom. The molecule has 2 heterocycles. The van der Waals surface area contributed by atoms with E-state index in [0.717, 1.165) is 17.3 Å². The molecule has 1 aliphatic rings. The van der Waals surface area contributed by atoms with Crippen molar-refractivity contribution in [1.82, 2.24) is 20.0 Å². The SMILES string of the molecule is CCCCn1c(=O)c(C2CC2(C)C(=O)NN)nc2ncc(Br)cc21. The van der Waals surface area contributed by atoms with Crippen LogP contribution in [0.2, 0.25) is 0 Å². The lowest BCUT2D eigenvalue weighted by Crippen LogP contribution is -2.37. The Morgan fingerprint density at radius 2 is 2.33 bits per heavy atom. The van der Waals surface area contributed by atoms with E-state index in [1.807, 2.05) is 6.07 Å². The largest absolute Gasteiger partial charge is 0.304 e. The van der Waals surface area contributed by atoms with Gasteiger partial charge in [0.1, 0.15) is 5.69 Å². The van der Waals surface area contributed by atoms with Gasteiger partial charge >= 0.3 is 0 Å². The quantitative estimate of drug-likeness (QED) is 0.458. The zero-order chi connectivity index (χ0) is 17.5. The van der Waals surface area contributed by atoms with E-state index in [9.17, 15) is 9.59 Å². The molecular formula is C16H20BrN5O2. The van der Waals surface area contributed by atoms with Gasteiger partial charge in [0.2, 0.25) is 5.91 Å². The zero-order valence-electron chi connectivity index (χ0n) is 13.7. The van der Waals surface area contributed by atoms with Crippen LogP contribution in [0.5, 0.6) is 0 Å². The molecule has 128 valence electrons. The van der Waals surface area contributed by atoms with Crippen LogP contribution >= 0.6 is 15.9 Å². The standard InChI is InChI=1S/C16H20BrN5O2/c1-3-4-5-22-11-6-9(17)8-19-13(11)20-12(14(22)23)10-7-16(10,2)15(24)21-18/h6,8,10H,3-5,7,18H2,1-2H3,(H,21,24). The number of nitrogens with zero attached hydrogens (tertiary/aromatic N) is 3. The number of unbranched alkanes of at least 4 members (excludes halogenated alkanes) is 1. The van der Waals surface area contributed by atoms with Gasteiger partial charge in [-0.3, -0.25) is 15.0 Å². The Balaban J connectivity index is 2.13. The minimum absolute atomic E-state index is 0.144. The predicted molar refractivity (Wildman–Crippen MR) is 94.2 cm³/mol. The number of halogens is 1. The van der Waals surface area contributed by atoms with Crippen molar-refractivity contribution in [3.63, 3.8) is 0 Å². The third-order valence-electron chi connectivity index (χ3n) is 4.75. The minimum atomic E-state index is -0.674. The Labute approximate surface area is 147 Å². The number of hydrogen-bond donors (Lipinski definition) is 2. The van der Waals surface area contributed by atoms with Gasteiger partial charge in [0.05, 0.1) is 10.9 Å². The Morgan fingerprint density at radius 3 is 3.00 bits per heavy atom. The fraction of sp³-hybridized carbons (Fsp3) is 0.500. The number of hydrogen-bond acceptors (Lipinski definition) is 5. The van der Waals surface area contributed by atoms with Crippen molar-refractivity contribution < 1.29 is 4.79 Å². The summed E-state index contributed by atoms with van der Waals surface area (Å²) < 4.78 is 2.52. The summed E-state index contributed by atoms with van der Waals surface area (Å²) in [5, 5.41) is 0. The molecule has 3 N–H and O–H groups in total. The van der Waals surface area contributed by atoms with Crippen molar-refractivity contribution in [3.05, 3.63) is 32.8 Å². The van der Waals surface area contributed by atoms with Crippen LogP contribution in [0.3, 0.4) is 0 Å². The fourth-order valence-electron chi connectivity index (χ4n) is 3.06. The van der Waals surface area contributed by atoms with Gasteiger partial charge in [-0.15, -0.1) is 0 Å². The number of aryl methyl sites for hydroxylation is 1. The van der Waals surface area contributed by atoms with E-state index >= 15 is 0 Å². The number of aromatic nitrogens is 3. The van der Waals surface area contributed by atoms with E-state index in [4.69, 9.17) is 5.84 Å². The number of nitrogens with two attached hydrogens (primary N) is 1. The smallest absolute Gasteiger partial charge is 0.273 e. The maximum Gasteiger partial charge on any atom is 0.273 e. The van der Waals surface area contributed by atoms with Crippen molar-refractivity contribution in [1.29, 1.82) is 0 Å². The molecular weight excluding hydrogens is 374 g/mol. The summed E-state index contributed by atoms with van der Waals surface area (Å²) in [6.45, 7) is 4.48. The summed E-state index contributed by atoms with van der Waals surface area (Å²) in [5.74, 6) is 4.77. The predicted octanol–water partition coefficient (Wildman–Crippen LogP) is 1.84. The highest BCUT2D eigenvalue weighted by Gasteiger charge is 2.58. The third-order valence-corrected chi connectivity index (χ3v) is 5.18. The number of hydrazine groups is 1. The third kappa shape index (κ3) is 2.73. The van der Waals surface area contributed by atoms with E-state index in [1.165, 1.54) is 0 Å². The van der Waals surface area contributed by atoms with E-state index < -0.39 is 5.41 Å². The molecule has 0 spiro atoms. The van der Waals surface area contributed by atoms with Crippen molar-refractivity contribution in [3.8, 4) is 0 Å². The fourth-order valence-corrected chi connectivity index (χ4v) is 3.38. The summed E-state index contributed by atoms with van der Waals surface area (Å²) >= 11 is 3.39. The van der Waals surface area contributed by atoms with E-state index in [2.05, 4.69) is 38.2 Å². The van der Waals surface area contributed by atoms with Crippen LogP contribution < -0.4 is 16.8 Å². The maximum atomic E-state index is 13.0. The molecule has 24 heavy (non-hydrogen) atoms. The lowest BCUT2D eigenvalue weighted by Gasteiger charge is -2.13. The lowest BCUT2D eigenvalue weighted by atomic mass is 10.0. The molecule has 1 saturated carbocycles. The molecule has 7 nitrogen and oxygen atoms in total. The lowest BCUT2D eigenvalue weighted by molar-refractivity contribution is -0.126. The molecule has 0 radical (unpaired) electrons. The highest BCUT2D eigenvalue weighted by molar-refractivity contribution is 9.10. The molecule has 1 fully saturated rings. The van der Waals surface area contributed by atoms with Gasteiger partial charge in [-0.05, 0) is 34.8 Å². The molecule has 2 aromatic rings. The van der Waals surface area contributed by atoms with E-state index in [0.29, 0.717) is 29.8 Å². The maximum absolute atomic E-state index is 13.0. The van der Waals surface area contributed by atoms with Crippen LogP contribution in [0.15, 0.2) is 21.5 Å². The van der Waals surface area contributed by atoms with Gasteiger partial charge in [-0.25, -0.2) is 15.8 Å². The van der Waals surface area contributed by atoms with Gasteiger partial charge in [0.25, 0.3) is 5.56 Å². The molecule has 2 atom stereocenters. The molecule has 0 aliphatic heterocycles. The summed E-state index contributed by atoms with van der Waals surface area (Å²) in [6.07, 6.45) is 4.08. The van der Waals surface area contributed by atoms with Crippen molar-refractivity contribution >= 4 is 33.0 Å². The summed E-state index contributed by atoms with van der Waals surface area (Å²) in [6, 6.07) is 1.86. The number of pyridine rings is 1. The first-order valence-electron chi connectivity index (χ1n) is 7.99. The average molecular weight is 394 g/mol. The average Bonchev–Trinajstić information content (AvgIpc) is 3.26. The molecule has 0 saturated heterocycles. The number of rotatable bonds is 5. The number of nitrogens with one attached hydrogen (secondary N) is 1. The molecule has 0 bridgehead atoms. The molecule has 1 amide bonds. The highest BCUT2D eigenvalue weighted by Crippen LogP contribution is 2.57. The summed E-state index contributed by atoms with van der Waals surface area (Å²) in [5.41, 5.74) is 2.99. The van der Waals surface area contributed by atoms with Crippen molar-refractivity contribution in [2.75, 3.05) is 0 Å². The molecule has 1 aliphatic carbocycles. The normalized spacial score (nSPS) is 22.6. The second-order valence-corrected chi connectivity index (χ2v) is 7.37. The van der Waals surface area contributed by atoms with Crippen LogP contribution in [0.25, 0.3) is 11.2 Å². The van der Waals surface area contributed by atoms with Crippen LogP contribution in [-0.4, -0.2) is 20.4 Å². The van der Waals surface area contributed by atoms with E-state index in [-0.39, 0.29) is 17.4 Å². The Hall–Kier alpha value is -1.80. The number of carbonyl (C=O) groups is 1. The molecule has 2 unspecified atom stereocenters. The van der Waals surface area contributed by atoms with Gasteiger partial charge < -0.3 is 4.57 Å². The first-order chi connectivity index (χ1) is 11.4. The first-order valence-corrected chi connectivity index (χ1v) is 8.78. The number of carbonyl (C=O) groups excluding carboxylic acids is 1. The van der Waals surface area contributed by atoms with Crippen LogP contribution in [0, 0.1) is 5.41 Å². The molecule has 3 rings (SSSR count). The van der Waals surface area contributed by atoms with Gasteiger partial charge in [0.15, 0.2) is 5.65 Å². The van der Waals surface area contributed by atoms with Crippen LogP contribution in [0.4, 0.5) is 0 Å². The Kier molecular flexibility index (Phi) is 4.44. The monoisotopic (exact) mass is 393 g/mol. The first kappa shape index (κ1) is 17.0. The van der Waals surface area contributed by atoms with Crippen LogP contribution in [0.1, 0.15) is 44.7 Å². The highest BCUT2D eigenvalue weighted by atomic mass is 79.9. The Bertz CT molecular complexity index is 865. The summed E-state index contributed by atoms with van der Waals surface area (Å²) in [7, 11) is 0. The zero-order valence-corrected chi connectivity index (χ0v) is 15.3. The molecule has 0 aromatic carbocycles. The topological polar surface area (TPSA) is 103 Å².